The lowest BCUT2D eigenvalue weighted by Gasteiger charge is -2.02. The van der Waals surface area contributed by atoms with Crippen LogP contribution in [0.5, 0.6) is 0 Å². The molecular weight excluding hydrogens is 242 g/mol. The van der Waals surface area contributed by atoms with Gasteiger partial charge in [0.05, 0.1) is 24.4 Å². The van der Waals surface area contributed by atoms with E-state index in [-0.39, 0.29) is 12.0 Å². The highest BCUT2D eigenvalue weighted by Gasteiger charge is 2.10. The van der Waals surface area contributed by atoms with E-state index in [0.717, 1.165) is 5.69 Å². The van der Waals surface area contributed by atoms with Crippen LogP contribution in [0.25, 0.3) is 16.7 Å². The SMILES string of the molecule is N#CCc1nc2c(cnn2-c2ccccc2)c(=O)[nH]1. The Bertz CT molecular complexity index is 826. The molecule has 0 aliphatic carbocycles. The van der Waals surface area contributed by atoms with Gasteiger partial charge in [0.1, 0.15) is 11.2 Å². The van der Waals surface area contributed by atoms with Gasteiger partial charge in [0, 0.05) is 0 Å². The van der Waals surface area contributed by atoms with Gasteiger partial charge in [-0.1, -0.05) is 18.2 Å². The van der Waals surface area contributed by atoms with E-state index in [1.54, 1.807) is 4.68 Å². The maximum absolute atomic E-state index is 11.9. The number of rotatable bonds is 2. The van der Waals surface area contributed by atoms with Crippen LogP contribution < -0.4 is 5.56 Å². The van der Waals surface area contributed by atoms with Crippen molar-refractivity contribution >= 4 is 11.0 Å². The number of hydrogen-bond acceptors (Lipinski definition) is 4. The van der Waals surface area contributed by atoms with E-state index >= 15 is 0 Å². The lowest BCUT2D eigenvalue weighted by molar-refractivity contribution is 0.883. The molecule has 6 nitrogen and oxygen atoms in total. The van der Waals surface area contributed by atoms with E-state index < -0.39 is 0 Å². The summed E-state index contributed by atoms with van der Waals surface area (Å²) in [6, 6.07) is 11.4. The summed E-state index contributed by atoms with van der Waals surface area (Å²) in [7, 11) is 0. The first-order valence-corrected chi connectivity index (χ1v) is 5.69. The number of H-pyrrole nitrogens is 1. The van der Waals surface area contributed by atoms with Crippen LogP contribution in [0.1, 0.15) is 5.82 Å². The van der Waals surface area contributed by atoms with E-state index in [1.807, 2.05) is 36.4 Å². The molecular formula is C13H9N5O. The zero-order chi connectivity index (χ0) is 13.2. The van der Waals surface area contributed by atoms with E-state index in [4.69, 9.17) is 5.26 Å². The van der Waals surface area contributed by atoms with E-state index in [9.17, 15) is 4.79 Å². The third kappa shape index (κ3) is 1.87. The number of nitrogens with zero attached hydrogens (tertiary/aromatic N) is 4. The fourth-order valence-corrected chi connectivity index (χ4v) is 1.88. The molecule has 0 radical (unpaired) electrons. The van der Waals surface area contributed by atoms with Crippen LogP contribution in [-0.4, -0.2) is 19.7 Å². The molecule has 1 N–H and O–H groups in total. The molecule has 0 spiro atoms. The largest absolute Gasteiger partial charge is 0.309 e. The molecule has 3 aromatic rings. The first-order chi connectivity index (χ1) is 9.29. The van der Waals surface area contributed by atoms with Gasteiger partial charge < -0.3 is 4.98 Å². The molecule has 0 saturated carbocycles. The minimum atomic E-state index is -0.280. The first-order valence-electron chi connectivity index (χ1n) is 5.69. The summed E-state index contributed by atoms with van der Waals surface area (Å²) in [5.74, 6) is 0.345. The summed E-state index contributed by atoms with van der Waals surface area (Å²) in [4.78, 5) is 18.7. The van der Waals surface area contributed by atoms with Gasteiger partial charge in [-0.05, 0) is 12.1 Å². The highest BCUT2D eigenvalue weighted by Crippen LogP contribution is 2.13. The number of nitriles is 1. The normalized spacial score (nSPS) is 10.5. The molecule has 6 heteroatoms. The third-order valence-corrected chi connectivity index (χ3v) is 2.73. The van der Waals surface area contributed by atoms with Gasteiger partial charge in [0.2, 0.25) is 0 Å². The molecule has 0 unspecified atom stereocenters. The van der Waals surface area contributed by atoms with Crippen molar-refractivity contribution in [3.8, 4) is 11.8 Å². The smallest absolute Gasteiger partial charge is 0.262 e. The lowest BCUT2D eigenvalue weighted by Crippen LogP contribution is -2.12. The predicted molar refractivity (Wildman–Crippen MR) is 68.8 cm³/mol. The van der Waals surface area contributed by atoms with Gasteiger partial charge >= 0.3 is 0 Å². The molecule has 0 bridgehead atoms. The van der Waals surface area contributed by atoms with Gasteiger partial charge in [0.25, 0.3) is 5.56 Å². The second-order valence-corrected chi connectivity index (χ2v) is 3.98. The van der Waals surface area contributed by atoms with Crippen molar-refractivity contribution in [2.24, 2.45) is 0 Å². The van der Waals surface area contributed by atoms with Gasteiger partial charge in [0.15, 0.2) is 5.65 Å². The van der Waals surface area contributed by atoms with Crippen molar-refractivity contribution in [1.82, 2.24) is 19.7 Å². The summed E-state index contributed by atoms with van der Waals surface area (Å²) in [5.41, 5.74) is 0.996. The monoisotopic (exact) mass is 251 g/mol. The van der Waals surface area contributed by atoms with Crippen LogP contribution in [0, 0.1) is 11.3 Å². The van der Waals surface area contributed by atoms with Crippen molar-refractivity contribution in [2.75, 3.05) is 0 Å². The molecule has 1 aromatic carbocycles. The quantitative estimate of drug-likeness (QED) is 0.740. The van der Waals surface area contributed by atoms with Crippen LogP contribution in [0.15, 0.2) is 41.3 Å². The second kappa shape index (κ2) is 4.38. The van der Waals surface area contributed by atoms with E-state index in [1.165, 1.54) is 6.20 Å². The Hall–Kier alpha value is -2.94. The highest BCUT2D eigenvalue weighted by molar-refractivity contribution is 5.75. The number of aromatic amines is 1. The molecule has 92 valence electrons. The number of hydrogen-bond donors (Lipinski definition) is 1. The maximum atomic E-state index is 11.9. The standard InChI is InChI=1S/C13H9N5O/c14-7-6-11-16-12-10(13(19)17-11)8-15-18(12)9-4-2-1-3-5-9/h1-5,8H,6H2,(H,16,17,19). The van der Waals surface area contributed by atoms with Crippen LogP contribution in [0.4, 0.5) is 0 Å². The summed E-state index contributed by atoms with van der Waals surface area (Å²) in [6.07, 6.45) is 1.54. The molecule has 19 heavy (non-hydrogen) atoms. The molecule has 3 rings (SSSR count). The summed E-state index contributed by atoms with van der Waals surface area (Å²) < 4.78 is 1.59. The molecule has 0 aliphatic heterocycles. The maximum Gasteiger partial charge on any atom is 0.262 e. The minimum absolute atomic E-state index is 0.0607. The topological polar surface area (TPSA) is 87.4 Å². The first kappa shape index (κ1) is 11.2. The molecule has 0 atom stereocenters. The lowest BCUT2D eigenvalue weighted by atomic mass is 10.3. The van der Waals surface area contributed by atoms with Gasteiger partial charge in [-0.2, -0.15) is 10.4 Å². The number of fused-ring (bicyclic) bond motifs is 1. The van der Waals surface area contributed by atoms with Crippen molar-refractivity contribution in [3.63, 3.8) is 0 Å². The zero-order valence-corrected chi connectivity index (χ0v) is 9.87. The van der Waals surface area contributed by atoms with Crippen molar-refractivity contribution < 1.29 is 0 Å². The Kier molecular flexibility index (Phi) is 2.58. The van der Waals surface area contributed by atoms with Crippen molar-refractivity contribution in [2.45, 2.75) is 6.42 Å². The summed E-state index contributed by atoms with van der Waals surface area (Å²) >= 11 is 0. The van der Waals surface area contributed by atoms with Gasteiger partial charge in [-0.25, -0.2) is 9.67 Å². The van der Waals surface area contributed by atoms with Crippen LogP contribution >= 0.6 is 0 Å². The molecule has 0 amide bonds. The average molecular weight is 251 g/mol. The number of benzene rings is 1. The second-order valence-electron chi connectivity index (χ2n) is 3.98. The molecule has 2 heterocycles. The van der Waals surface area contributed by atoms with E-state index in [2.05, 4.69) is 15.1 Å². The fraction of sp³-hybridized carbons (Fsp3) is 0.0769. The van der Waals surface area contributed by atoms with Crippen molar-refractivity contribution in [1.29, 1.82) is 5.26 Å². The molecule has 0 fully saturated rings. The average Bonchev–Trinajstić information content (AvgIpc) is 2.84. The van der Waals surface area contributed by atoms with Crippen LogP contribution in [0.2, 0.25) is 0 Å². The zero-order valence-electron chi connectivity index (χ0n) is 9.87. The van der Waals surface area contributed by atoms with Gasteiger partial charge in [-0.3, -0.25) is 4.79 Å². The molecule has 0 aliphatic rings. The highest BCUT2D eigenvalue weighted by atomic mass is 16.1. The van der Waals surface area contributed by atoms with Crippen LogP contribution in [-0.2, 0) is 6.42 Å². The Morgan fingerprint density at radius 1 is 1.32 bits per heavy atom. The fourth-order valence-electron chi connectivity index (χ4n) is 1.88. The predicted octanol–water partition coefficient (Wildman–Crippen LogP) is 1.17. The van der Waals surface area contributed by atoms with Crippen LogP contribution in [0.3, 0.4) is 0 Å². The number of aromatic nitrogens is 4. The number of para-hydroxylation sites is 1. The Balaban J connectivity index is 2.28. The number of nitrogens with one attached hydrogen (secondary N) is 1. The Morgan fingerprint density at radius 2 is 2.11 bits per heavy atom. The molecule has 0 saturated heterocycles. The summed E-state index contributed by atoms with van der Waals surface area (Å²) in [5, 5.41) is 13.3. The molecule has 2 aromatic heterocycles. The third-order valence-electron chi connectivity index (χ3n) is 2.73. The Morgan fingerprint density at radius 3 is 2.84 bits per heavy atom. The van der Waals surface area contributed by atoms with E-state index in [0.29, 0.717) is 16.9 Å². The Labute approximate surface area is 108 Å². The summed E-state index contributed by atoms with van der Waals surface area (Å²) in [6.45, 7) is 0. The van der Waals surface area contributed by atoms with Crippen molar-refractivity contribution in [3.05, 3.63) is 52.7 Å². The van der Waals surface area contributed by atoms with Gasteiger partial charge in [-0.15, -0.1) is 0 Å². The minimum Gasteiger partial charge on any atom is -0.309 e.